The molecular formula is C21H21ClN6O5S2. The van der Waals surface area contributed by atoms with Crippen LogP contribution >= 0.6 is 22.9 Å². The number of sulfonamides is 1. The minimum Gasteiger partial charge on any atom is -0.494 e. The van der Waals surface area contributed by atoms with Gasteiger partial charge in [0.1, 0.15) is 27.2 Å². The number of anilines is 1. The summed E-state index contributed by atoms with van der Waals surface area (Å²) in [5.74, 6) is 1.12. The van der Waals surface area contributed by atoms with Gasteiger partial charge in [-0.05, 0) is 18.2 Å². The van der Waals surface area contributed by atoms with Crippen molar-refractivity contribution in [3.8, 4) is 34.6 Å². The Kier molecular flexibility index (Phi) is 7.38. The van der Waals surface area contributed by atoms with Crippen LogP contribution in [0.1, 0.15) is 5.01 Å². The van der Waals surface area contributed by atoms with Gasteiger partial charge in [0.05, 0.1) is 38.3 Å². The summed E-state index contributed by atoms with van der Waals surface area (Å²) in [6, 6.07) is 10.3. The first-order chi connectivity index (χ1) is 16.8. The van der Waals surface area contributed by atoms with E-state index in [1.807, 2.05) is 0 Å². The summed E-state index contributed by atoms with van der Waals surface area (Å²) in [5.41, 5.74) is 0.791. The Morgan fingerprint density at radius 1 is 1.03 bits per heavy atom. The number of aryl methyl sites for hydroxylation is 1. The second kappa shape index (κ2) is 10.5. The predicted octanol–water partition coefficient (Wildman–Crippen LogP) is 3.45. The molecule has 184 valence electrons. The molecule has 0 aliphatic rings. The maximum Gasteiger partial charge on any atom is 0.243 e. The van der Waals surface area contributed by atoms with Crippen molar-refractivity contribution in [1.29, 1.82) is 0 Å². The quantitative estimate of drug-likeness (QED) is 0.324. The van der Waals surface area contributed by atoms with Gasteiger partial charge >= 0.3 is 0 Å². The van der Waals surface area contributed by atoms with Gasteiger partial charge < -0.3 is 14.2 Å². The summed E-state index contributed by atoms with van der Waals surface area (Å²) in [6.45, 7) is 0. The first kappa shape index (κ1) is 24.7. The Labute approximate surface area is 210 Å². The van der Waals surface area contributed by atoms with Gasteiger partial charge in [0, 0.05) is 12.5 Å². The maximum absolute atomic E-state index is 13.0. The lowest BCUT2D eigenvalue weighted by Gasteiger charge is -2.17. The highest BCUT2D eigenvalue weighted by Gasteiger charge is 2.26. The second-order valence-electron chi connectivity index (χ2n) is 6.99. The van der Waals surface area contributed by atoms with E-state index in [1.165, 1.54) is 43.4 Å². The van der Waals surface area contributed by atoms with Gasteiger partial charge in [0.15, 0.2) is 5.82 Å². The Morgan fingerprint density at radius 2 is 1.74 bits per heavy atom. The van der Waals surface area contributed by atoms with Crippen LogP contribution in [0.25, 0.3) is 17.2 Å². The molecule has 11 nitrogen and oxygen atoms in total. The van der Waals surface area contributed by atoms with Gasteiger partial charge in [-0.2, -0.15) is 0 Å². The molecule has 0 radical (unpaired) electrons. The summed E-state index contributed by atoms with van der Waals surface area (Å²) < 4.78 is 46.8. The fraction of sp³-hybridized carbons (Fsp3) is 0.238. The minimum absolute atomic E-state index is 0.0652. The third-order valence-corrected chi connectivity index (χ3v) is 7.22. The number of thiazole rings is 1. The van der Waals surface area contributed by atoms with E-state index in [2.05, 4.69) is 24.9 Å². The van der Waals surface area contributed by atoms with Crippen LogP contribution in [0.5, 0.6) is 17.4 Å². The van der Waals surface area contributed by atoms with E-state index in [9.17, 15) is 8.42 Å². The Morgan fingerprint density at radius 3 is 2.37 bits per heavy atom. The molecule has 3 heterocycles. The van der Waals surface area contributed by atoms with Crippen LogP contribution in [-0.2, 0) is 16.4 Å². The lowest BCUT2D eigenvalue weighted by Crippen LogP contribution is -2.21. The van der Waals surface area contributed by atoms with Crippen LogP contribution in [0.3, 0.4) is 0 Å². The van der Waals surface area contributed by atoms with Crippen molar-refractivity contribution in [3.05, 3.63) is 51.9 Å². The molecule has 1 aromatic carbocycles. The number of nitrogens with one attached hydrogen (secondary N) is 1. The Hall–Kier alpha value is -3.42. The molecule has 14 heteroatoms. The van der Waals surface area contributed by atoms with Crippen molar-refractivity contribution < 1.29 is 22.6 Å². The molecule has 0 aliphatic carbocycles. The molecule has 35 heavy (non-hydrogen) atoms. The van der Waals surface area contributed by atoms with Gasteiger partial charge in [-0.1, -0.05) is 23.7 Å². The van der Waals surface area contributed by atoms with Crippen molar-refractivity contribution in [3.63, 3.8) is 0 Å². The lowest BCUT2D eigenvalue weighted by molar-refractivity contribution is 0.391. The van der Waals surface area contributed by atoms with E-state index in [0.717, 1.165) is 0 Å². The van der Waals surface area contributed by atoms with Crippen molar-refractivity contribution in [1.82, 2.24) is 24.7 Å². The SMILES string of the molecule is COc1cccc(-c2nnc(NS(=O)(=O)CCc3ncc(Cl)s3)n2-c2c(OC)cccc2OC)n1. The smallest absolute Gasteiger partial charge is 0.243 e. The Balaban J connectivity index is 1.80. The van der Waals surface area contributed by atoms with E-state index in [4.69, 9.17) is 25.8 Å². The number of halogens is 1. The molecule has 3 aromatic heterocycles. The highest BCUT2D eigenvalue weighted by molar-refractivity contribution is 7.92. The molecule has 0 atom stereocenters. The molecule has 0 aliphatic heterocycles. The highest BCUT2D eigenvalue weighted by Crippen LogP contribution is 2.37. The first-order valence-electron chi connectivity index (χ1n) is 10.1. The van der Waals surface area contributed by atoms with E-state index < -0.39 is 10.0 Å². The molecule has 4 rings (SSSR count). The number of hydrogen-bond donors (Lipinski definition) is 1. The van der Waals surface area contributed by atoms with E-state index in [-0.39, 0.29) is 23.9 Å². The molecule has 0 unspecified atom stereocenters. The van der Waals surface area contributed by atoms with Crippen LogP contribution in [-0.4, -0.2) is 60.2 Å². The molecule has 0 bridgehead atoms. The minimum atomic E-state index is -3.85. The molecule has 0 saturated carbocycles. The number of ether oxygens (including phenoxy) is 3. The highest BCUT2D eigenvalue weighted by atomic mass is 35.5. The largest absolute Gasteiger partial charge is 0.494 e. The number of aromatic nitrogens is 5. The molecule has 0 amide bonds. The fourth-order valence-electron chi connectivity index (χ4n) is 3.25. The van der Waals surface area contributed by atoms with Gasteiger partial charge in [0.25, 0.3) is 0 Å². The summed E-state index contributed by atoms with van der Waals surface area (Å²) in [4.78, 5) is 8.53. The van der Waals surface area contributed by atoms with E-state index >= 15 is 0 Å². The predicted molar refractivity (Wildman–Crippen MR) is 132 cm³/mol. The van der Waals surface area contributed by atoms with Crippen molar-refractivity contribution in [2.75, 3.05) is 31.8 Å². The zero-order valence-electron chi connectivity index (χ0n) is 18.9. The monoisotopic (exact) mass is 536 g/mol. The average Bonchev–Trinajstić information content (AvgIpc) is 3.47. The Bertz CT molecular complexity index is 1420. The summed E-state index contributed by atoms with van der Waals surface area (Å²) in [5, 5.41) is 8.95. The molecule has 4 aromatic rings. The van der Waals surface area contributed by atoms with E-state index in [0.29, 0.717) is 38.1 Å². The van der Waals surface area contributed by atoms with Gasteiger partial charge in [0.2, 0.25) is 21.9 Å². The van der Waals surface area contributed by atoms with Crippen LogP contribution in [0.15, 0.2) is 42.6 Å². The van der Waals surface area contributed by atoms with Gasteiger partial charge in [-0.3, -0.25) is 9.29 Å². The zero-order chi connectivity index (χ0) is 25.0. The zero-order valence-corrected chi connectivity index (χ0v) is 21.3. The van der Waals surface area contributed by atoms with Crippen LogP contribution in [0.4, 0.5) is 5.95 Å². The number of pyridine rings is 1. The number of benzene rings is 1. The molecule has 0 saturated heterocycles. The third kappa shape index (κ3) is 5.47. The average molecular weight is 537 g/mol. The second-order valence-corrected chi connectivity index (χ2v) is 10.6. The normalized spacial score (nSPS) is 11.3. The topological polar surface area (TPSA) is 130 Å². The lowest BCUT2D eigenvalue weighted by atomic mass is 10.2. The number of rotatable bonds is 10. The third-order valence-electron chi connectivity index (χ3n) is 4.81. The summed E-state index contributed by atoms with van der Waals surface area (Å²) in [6.07, 6.45) is 1.67. The summed E-state index contributed by atoms with van der Waals surface area (Å²) in [7, 11) is 0.634. The number of hydrogen-bond acceptors (Lipinski definition) is 10. The van der Waals surface area contributed by atoms with Crippen LogP contribution < -0.4 is 18.9 Å². The molecule has 1 N–H and O–H groups in total. The van der Waals surface area contributed by atoms with Gasteiger partial charge in [-0.15, -0.1) is 21.5 Å². The number of methoxy groups -OCH3 is 3. The van der Waals surface area contributed by atoms with Crippen LogP contribution in [0, 0.1) is 0 Å². The number of nitrogens with zero attached hydrogens (tertiary/aromatic N) is 5. The maximum atomic E-state index is 13.0. The standard InChI is InChI=1S/C21H21ClN6O5S2/c1-31-14-7-5-8-15(32-2)19(14)28-20(13-6-4-9-17(24-13)33-3)25-26-21(28)27-35(29,30)11-10-18-23-12-16(22)34-18/h4-9,12H,10-11H2,1-3H3,(H,26,27). The van der Waals surface area contributed by atoms with Crippen molar-refractivity contribution in [2.45, 2.75) is 6.42 Å². The van der Waals surface area contributed by atoms with Gasteiger partial charge in [-0.25, -0.2) is 18.4 Å². The van der Waals surface area contributed by atoms with Crippen LogP contribution in [0.2, 0.25) is 4.34 Å². The van der Waals surface area contributed by atoms with E-state index in [1.54, 1.807) is 36.4 Å². The molecule has 0 fully saturated rings. The summed E-state index contributed by atoms with van der Waals surface area (Å²) >= 11 is 7.12. The molecular weight excluding hydrogens is 516 g/mol. The number of para-hydroxylation sites is 1. The first-order valence-corrected chi connectivity index (χ1v) is 13.0. The fourth-order valence-corrected chi connectivity index (χ4v) is 5.31. The van der Waals surface area contributed by atoms with Crippen molar-refractivity contribution in [2.24, 2.45) is 0 Å². The molecule has 0 spiro atoms. The van der Waals surface area contributed by atoms with Crippen molar-refractivity contribution >= 4 is 38.9 Å².